The van der Waals surface area contributed by atoms with Crippen molar-refractivity contribution in [1.82, 2.24) is 0 Å². The molecule has 5 nitrogen and oxygen atoms in total. The minimum Gasteiger partial charge on any atom is -0.469 e. The van der Waals surface area contributed by atoms with Crippen molar-refractivity contribution in [3.8, 4) is 0 Å². The molecule has 0 saturated carbocycles. The number of hydrogen-bond donors (Lipinski definition) is 0. The Bertz CT molecular complexity index is 569. The zero-order valence-electron chi connectivity index (χ0n) is 17.4. The van der Waals surface area contributed by atoms with Crippen molar-refractivity contribution in [2.24, 2.45) is 5.92 Å². The minimum atomic E-state index is -0.340. The molecule has 5 heteroatoms. The third kappa shape index (κ3) is 12.8. The van der Waals surface area contributed by atoms with E-state index in [4.69, 9.17) is 0 Å². The average Bonchev–Trinajstić information content (AvgIpc) is 2.65. The fraction of sp³-hybridized carbons (Fsp3) is 0.591. The summed E-state index contributed by atoms with van der Waals surface area (Å²) in [5.74, 6) is -0.191. The van der Waals surface area contributed by atoms with Crippen LogP contribution in [0.25, 0.3) is 0 Å². The summed E-state index contributed by atoms with van der Waals surface area (Å²) in [6.45, 7) is 5.84. The van der Waals surface area contributed by atoms with Gasteiger partial charge in [0, 0.05) is 12.0 Å². The highest BCUT2D eigenvalue weighted by atomic mass is 16.5. The highest BCUT2D eigenvalue weighted by Crippen LogP contribution is 2.15. The van der Waals surface area contributed by atoms with Gasteiger partial charge in [0.15, 0.2) is 0 Å². The molecule has 0 fully saturated rings. The van der Waals surface area contributed by atoms with E-state index in [1.165, 1.54) is 19.8 Å². The molecule has 0 aliphatic heterocycles. The van der Waals surface area contributed by atoms with Crippen LogP contribution in [0.3, 0.4) is 0 Å². The van der Waals surface area contributed by atoms with E-state index in [2.05, 4.69) is 29.4 Å². The number of allylic oxidation sites excluding steroid dienone is 5. The standard InChI is InChI=1S/C22H34O5/c1-17(9-6-11-18(2)15-21(24)26-4)10-7-13-20(16-23)14-8-12-19(3)22(25)27-5/h9,12-13,16,18H,6-8,10-11,14-15H2,1-5H3/b17-9-,19-12+,20-13+/t18-/m0/s1. The van der Waals surface area contributed by atoms with Crippen LogP contribution in [0.5, 0.6) is 0 Å². The van der Waals surface area contributed by atoms with Crippen LogP contribution in [0.2, 0.25) is 0 Å². The summed E-state index contributed by atoms with van der Waals surface area (Å²) >= 11 is 0. The molecule has 0 unspecified atom stereocenters. The maximum Gasteiger partial charge on any atom is 0.333 e. The van der Waals surface area contributed by atoms with Crippen molar-refractivity contribution >= 4 is 18.2 Å². The molecule has 0 heterocycles. The Kier molecular flexibility index (Phi) is 13.7. The van der Waals surface area contributed by atoms with Gasteiger partial charge in [-0.3, -0.25) is 9.59 Å². The summed E-state index contributed by atoms with van der Waals surface area (Å²) in [4.78, 5) is 33.7. The van der Waals surface area contributed by atoms with Gasteiger partial charge < -0.3 is 9.47 Å². The highest BCUT2D eigenvalue weighted by Gasteiger charge is 2.08. The molecule has 0 aromatic carbocycles. The largest absolute Gasteiger partial charge is 0.469 e. The van der Waals surface area contributed by atoms with Crippen LogP contribution in [0.4, 0.5) is 0 Å². The van der Waals surface area contributed by atoms with E-state index in [1.807, 2.05) is 6.08 Å². The van der Waals surface area contributed by atoms with Crippen LogP contribution in [-0.4, -0.2) is 32.4 Å². The third-order valence-corrected chi connectivity index (χ3v) is 4.38. The first-order chi connectivity index (χ1) is 12.8. The monoisotopic (exact) mass is 378 g/mol. The van der Waals surface area contributed by atoms with Crippen molar-refractivity contribution in [1.29, 1.82) is 0 Å². The Labute approximate surface area is 163 Å². The SMILES string of the molecule is COC(=O)C[C@@H](C)CC/C=C(/C)CC/C=C(/C=O)CC/C=C(\C)C(=O)OC. The molecule has 0 aromatic rings. The Morgan fingerprint density at radius 1 is 0.926 bits per heavy atom. The zero-order valence-corrected chi connectivity index (χ0v) is 17.4. The second kappa shape index (κ2) is 14.9. The van der Waals surface area contributed by atoms with E-state index in [1.54, 1.807) is 13.0 Å². The molecule has 0 aromatic heterocycles. The van der Waals surface area contributed by atoms with Gasteiger partial charge in [-0.05, 0) is 63.9 Å². The highest BCUT2D eigenvalue weighted by molar-refractivity contribution is 5.87. The molecular formula is C22H34O5. The number of methoxy groups -OCH3 is 2. The molecule has 0 saturated heterocycles. The van der Waals surface area contributed by atoms with Crippen LogP contribution in [0.1, 0.15) is 65.7 Å². The molecule has 0 bridgehead atoms. The van der Waals surface area contributed by atoms with Crippen molar-refractivity contribution in [3.63, 3.8) is 0 Å². The lowest BCUT2D eigenvalue weighted by atomic mass is 10.00. The second-order valence-corrected chi connectivity index (χ2v) is 6.87. The molecular weight excluding hydrogens is 344 g/mol. The van der Waals surface area contributed by atoms with Crippen molar-refractivity contribution in [3.05, 3.63) is 34.9 Å². The molecule has 0 aliphatic carbocycles. The van der Waals surface area contributed by atoms with Gasteiger partial charge in [0.05, 0.1) is 14.2 Å². The van der Waals surface area contributed by atoms with E-state index in [0.29, 0.717) is 30.8 Å². The topological polar surface area (TPSA) is 69.7 Å². The summed E-state index contributed by atoms with van der Waals surface area (Å²) in [6, 6.07) is 0. The molecule has 152 valence electrons. The number of carbonyl (C=O) groups excluding carboxylic acids is 3. The quantitative estimate of drug-likeness (QED) is 0.201. The van der Waals surface area contributed by atoms with Gasteiger partial charge in [0.2, 0.25) is 0 Å². The fourth-order valence-electron chi connectivity index (χ4n) is 2.58. The van der Waals surface area contributed by atoms with E-state index in [9.17, 15) is 14.4 Å². The smallest absolute Gasteiger partial charge is 0.333 e. The number of aldehydes is 1. The molecule has 0 N–H and O–H groups in total. The van der Waals surface area contributed by atoms with Crippen molar-refractivity contribution < 1.29 is 23.9 Å². The number of esters is 2. The molecule has 0 aliphatic rings. The van der Waals surface area contributed by atoms with E-state index in [-0.39, 0.29) is 11.9 Å². The van der Waals surface area contributed by atoms with Gasteiger partial charge in [-0.15, -0.1) is 0 Å². The Morgan fingerprint density at radius 2 is 1.59 bits per heavy atom. The van der Waals surface area contributed by atoms with Crippen LogP contribution in [0, 0.1) is 5.92 Å². The lowest BCUT2D eigenvalue weighted by Gasteiger charge is -2.08. The summed E-state index contributed by atoms with van der Waals surface area (Å²) in [5, 5.41) is 0. The first-order valence-electron chi connectivity index (χ1n) is 9.45. The number of carbonyl (C=O) groups is 3. The molecule has 0 amide bonds. The number of ether oxygens (including phenoxy) is 2. The van der Waals surface area contributed by atoms with Crippen LogP contribution >= 0.6 is 0 Å². The molecule has 1 atom stereocenters. The van der Waals surface area contributed by atoms with Crippen molar-refractivity contribution in [2.75, 3.05) is 14.2 Å². The summed E-state index contributed by atoms with van der Waals surface area (Å²) in [7, 11) is 2.77. The summed E-state index contributed by atoms with van der Waals surface area (Å²) in [5.41, 5.74) is 2.59. The summed E-state index contributed by atoms with van der Waals surface area (Å²) in [6.07, 6.45) is 12.2. The van der Waals surface area contributed by atoms with E-state index >= 15 is 0 Å². The second-order valence-electron chi connectivity index (χ2n) is 6.87. The van der Waals surface area contributed by atoms with Crippen LogP contribution in [-0.2, 0) is 23.9 Å². The Balaban J connectivity index is 4.25. The zero-order chi connectivity index (χ0) is 20.7. The van der Waals surface area contributed by atoms with Gasteiger partial charge in [0.25, 0.3) is 0 Å². The lowest BCUT2D eigenvalue weighted by molar-refractivity contribution is -0.141. The molecule has 0 spiro atoms. The predicted octanol–water partition coefficient (Wildman–Crippen LogP) is 4.72. The minimum absolute atomic E-state index is 0.161. The van der Waals surface area contributed by atoms with Crippen LogP contribution in [0.15, 0.2) is 34.9 Å². The average molecular weight is 379 g/mol. The van der Waals surface area contributed by atoms with Gasteiger partial charge in [-0.25, -0.2) is 4.79 Å². The van der Waals surface area contributed by atoms with Crippen molar-refractivity contribution in [2.45, 2.75) is 65.7 Å². The fourth-order valence-corrected chi connectivity index (χ4v) is 2.58. The predicted molar refractivity (Wildman–Crippen MR) is 107 cm³/mol. The first-order valence-corrected chi connectivity index (χ1v) is 9.45. The third-order valence-electron chi connectivity index (χ3n) is 4.38. The van der Waals surface area contributed by atoms with Gasteiger partial charge in [-0.2, -0.15) is 0 Å². The maximum absolute atomic E-state index is 11.3. The Morgan fingerprint density at radius 3 is 2.19 bits per heavy atom. The Hall–Kier alpha value is -2.17. The van der Waals surface area contributed by atoms with E-state index in [0.717, 1.165) is 37.5 Å². The first kappa shape index (κ1) is 24.8. The number of hydrogen-bond acceptors (Lipinski definition) is 5. The maximum atomic E-state index is 11.3. The molecule has 0 radical (unpaired) electrons. The van der Waals surface area contributed by atoms with Crippen LogP contribution < -0.4 is 0 Å². The number of rotatable bonds is 13. The van der Waals surface area contributed by atoms with Gasteiger partial charge >= 0.3 is 11.9 Å². The van der Waals surface area contributed by atoms with Gasteiger partial charge in [0.1, 0.15) is 6.29 Å². The van der Waals surface area contributed by atoms with Gasteiger partial charge in [-0.1, -0.05) is 30.7 Å². The summed E-state index contributed by atoms with van der Waals surface area (Å²) < 4.78 is 9.32. The normalized spacial score (nSPS) is 13.9. The van der Waals surface area contributed by atoms with E-state index < -0.39 is 0 Å². The molecule has 27 heavy (non-hydrogen) atoms. The lowest BCUT2D eigenvalue weighted by Crippen LogP contribution is -2.06. The molecule has 0 rings (SSSR count).